The standard InChI is InChI=1S/C21H22BrN3O4/c1-12-6-9-16(18(24-12)20(27)23-11-13-7-8-13)19(26)25-15-5-3-4-14(10-15)17(22)21(28)29-2/h3-6,9-10,13,17H,7-8,11H2,1-2H3,(H,23,27)(H,25,26). The van der Waals surface area contributed by atoms with Gasteiger partial charge in [-0.2, -0.15) is 0 Å². The lowest BCUT2D eigenvalue weighted by Gasteiger charge is -2.12. The molecular weight excluding hydrogens is 438 g/mol. The molecule has 1 saturated carbocycles. The summed E-state index contributed by atoms with van der Waals surface area (Å²) in [6.45, 7) is 2.36. The average molecular weight is 460 g/mol. The van der Waals surface area contributed by atoms with Crippen LogP contribution in [0.3, 0.4) is 0 Å². The van der Waals surface area contributed by atoms with E-state index in [2.05, 4.69) is 31.5 Å². The van der Waals surface area contributed by atoms with Crippen molar-refractivity contribution in [1.82, 2.24) is 10.3 Å². The minimum Gasteiger partial charge on any atom is -0.468 e. The number of esters is 1. The summed E-state index contributed by atoms with van der Waals surface area (Å²) in [5.74, 6) is -0.720. The molecule has 29 heavy (non-hydrogen) atoms. The Bertz CT molecular complexity index is 943. The number of alkyl halides is 1. The molecule has 2 amide bonds. The van der Waals surface area contributed by atoms with Crippen LogP contribution in [-0.2, 0) is 9.53 Å². The maximum atomic E-state index is 12.8. The normalized spacial score (nSPS) is 14.0. The first-order chi connectivity index (χ1) is 13.9. The third kappa shape index (κ3) is 5.41. The summed E-state index contributed by atoms with van der Waals surface area (Å²) in [6, 6.07) is 10.1. The predicted octanol–water partition coefficient (Wildman–Crippen LogP) is 3.39. The number of hydrogen-bond donors (Lipinski definition) is 2. The summed E-state index contributed by atoms with van der Waals surface area (Å²) in [7, 11) is 1.31. The second kappa shape index (κ2) is 9.17. The highest BCUT2D eigenvalue weighted by Crippen LogP contribution is 2.28. The van der Waals surface area contributed by atoms with Crippen LogP contribution in [0.15, 0.2) is 36.4 Å². The molecule has 1 aromatic carbocycles. The van der Waals surface area contributed by atoms with E-state index in [1.54, 1.807) is 43.3 Å². The first-order valence-electron chi connectivity index (χ1n) is 9.28. The number of nitrogens with one attached hydrogen (secondary N) is 2. The number of halogens is 1. The number of carbonyl (C=O) groups excluding carboxylic acids is 3. The minimum atomic E-state index is -0.644. The van der Waals surface area contributed by atoms with E-state index >= 15 is 0 Å². The van der Waals surface area contributed by atoms with Gasteiger partial charge in [-0.25, -0.2) is 4.98 Å². The molecule has 8 heteroatoms. The van der Waals surface area contributed by atoms with E-state index < -0.39 is 16.7 Å². The molecule has 3 rings (SSSR count). The van der Waals surface area contributed by atoms with Crippen molar-refractivity contribution in [3.05, 3.63) is 58.9 Å². The summed E-state index contributed by atoms with van der Waals surface area (Å²) >= 11 is 3.28. The largest absolute Gasteiger partial charge is 0.468 e. The number of carbonyl (C=O) groups is 3. The minimum absolute atomic E-state index is 0.104. The highest BCUT2D eigenvalue weighted by Gasteiger charge is 2.25. The molecule has 0 spiro atoms. The van der Waals surface area contributed by atoms with Crippen molar-refractivity contribution >= 4 is 39.4 Å². The van der Waals surface area contributed by atoms with Crippen LogP contribution < -0.4 is 10.6 Å². The number of amides is 2. The number of nitrogens with zero attached hydrogens (tertiary/aromatic N) is 1. The fourth-order valence-electron chi connectivity index (χ4n) is 2.77. The monoisotopic (exact) mass is 459 g/mol. The van der Waals surface area contributed by atoms with Crippen molar-refractivity contribution < 1.29 is 19.1 Å². The van der Waals surface area contributed by atoms with Crippen LogP contribution in [0.2, 0.25) is 0 Å². The molecule has 1 aliphatic rings. The van der Waals surface area contributed by atoms with E-state index in [1.807, 2.05) is 0 Å². The zero-order chi connectivity index (χ0) is 21.0. The number of benzene rings is 1. The number of aromatic nitrogens is 1. The van der Waals surface area contributed by atoms with Crippen molar-refractivity contribution in [1.29, 1.82) is 0 Å². The fourth-order valence-corrected chi connectivity index (χ4v) is 3.24. The van der Waals surface area contributed by atoms with Gasteiger partial charge in [0.1, 0.15) is 10.5 Å². The van der Waals surface area contributed by atoms with Crippen LogP contribution >= 0.6 is 15.9 Å². The molecular formula is C21H22BrN3O4. The Morgan fingerprint density at radius 3 is 2.66 bits per heavy atom. The lowest BCUT2D eigenvalue weighted by atomic mass is 10.1. The van der Waals surface area contributed by atoms with E-state index in [0.717, 1.165) is 12.8 Å². The van der Waals surface area contributed by atoms with Crippen LogP contribution in [0.5, 0.6) is 0 Å². The van der Waals surface area contributed by atoms with Crippen LogP contribution in [0, 0.1) is 12.8 Å². The van der Waals surface area contributed by atoms with Crippen molar-refractivity contribution in [2.24, 2.45) is 5.92 Å². The third-order valence-electron chi connectivity index (χ3n) is 4.59. The third-order valence-corrected chi connectivity index (χ3v) is 5.49. The van der Waals surface area contributed by atoms with Gasteiger partial charge in [0.15, 0.2) is 0 Å². The Kier molecular flexibility index (Phi) is 6.64. The number of rotatable bonds is 7. The molecule has 1 fully saturated rings. The fraction of sp³-hybridized carbons (Fsp3) is 0.333. The van der Waals surface area contributed by atoms with Crippen molar-refractivity contribution in [2.75, 3.05) is 19.0 Å². The van der Waals surface area contributed by atoms with E-state index in [4.69, 9.17) is 4.74 Å². The van der Waals surface area contributed by atoms with Gasteiger partial charge in [-0.15, -0.1) is 0 Å². The number of hydrogen-bond acceptors (Lipinski definition) is 5. The molecule has 1 heterocycles. The Morgan fingerprint density at radius 2 is 1.97 bits per heavy atom. The van der Waals surface area contributed by atoms with Crippen LogP contribution in [0.4, 0.5) is 5.69 Å². The first-order valence-corrected chi connectivity index (χ1v) is 10.2. The van der Waals surface area contributed by atoms with Crippen LogP contribution in [-0.4, -0.2) is 36.4 Å². The van der Waals surface area contributed by atoms with E-state index in [1.165, 1.54) is 7.11 Å². The van der Waals surface area contributed by atoms with Gasteiger partial charge in [-0.05, 0) is 55.5 Å². The van der Waals surface area contributed by atoms with Crippen LogP contribution in [0.25, 0.3) is 0 Å². The molecule has 1 atom stereocenters. The maximum absolute atomic E-state index is 12.8. The van der Waals surface area contributed by atoms with Gasteiger partial charge < -0.3 is 15.4 Å². The van der Waals surface area contributed by atoms with Gasteiger partial charge in [0.25, 0.3) is 11.8 Å². The molecule has 0 aliphatic heterocycles. The Hall–Kier alpha value is -2.74. The van der Waals surface area contributed by atoms with Gasteiger partial charge in [-0.1, -0.05) is 28.1 Å². The van der Waals surface area contributed by atoms with E-state index in [9.17, 15) is 14.4 Å². The van der Waals surface area contributed by atoms with E-state index in [-0.39, 0.29) is 17.2 Å². The molecule has 1 aliphatic carbocycles. The van der Waals surface area contributed by atoms with Crippen molar-refractivity contribution in [3.8, 4) is 0 Å². The summed E-state index contributed by atoms with van der Waals surface area (Å²) in [6.07, 6.45) is 2.23. The Morgan fingerprint density at radius 1 is 1.21 bits per heavy atom. The summed E-state index contributed by atoms with van der Waals surface area (Å²) in [5.41, 5.74) is 2.08. The summed E-state index contributed by atoms with van der Waals surface area (Å²) in [4.78, 5) is 40.7. The Labute approximate surface area is 177 Å². The van der Waals surface area contributed by atoms with Crippen molar-refractivity contribution in [2.45, 2.75) is 24.6 Å². The SMILES string of the molecule is COC(=O)C(Br)c1cccc(NC(=O)c2ccc(C)nc2C(=O)NCC2CC2)c1. The number of anilines is 1. The quantitative estimate of drug-likeness (QED) is 0.488. The number of pyridine rings is 1. The number of methoxy groups -OCH3 is 1. The second-order valence-corrected chi connectivity index (χ2v) is 7.88. The molecule has 0 saturated heterocycles. The summed E-state index contributed by atoms with van der Waals surface area (Å²) in [5, 5.41) is 5.62. The molecule has 0 radical (unpaired) electrons. The molecule has 0 bridgehead atoms. The first kappa shape index (κ1) is 21.0. The molecule has 152 valence electrons. The van der Waals surface area contributed by atoms with Gasteiger partial charge in [0, 0.05) is 17.9 Å². The zero-order valence-corrected chi connectivity index (χ0v) is 17.8. The zero-order valence-electron chi connectivity index (χ0n) is 16.2. The van der Waals surface area contributed by atoms with Crippen molar-refractivity contribution in [3.63, 3.8) is 0 Å². The molecule has 7 nitrogen and oxygen atoms in total. The second-order valence-electron chi connectivity index (χ2n) is 6.97. The Balaban J connectivity index is 1.78. The van der Waals surface area contributed by atoms with Gasteiger partial charge in [-0.3, -0.25) is 14.4 Å². The molecule has 2 aromatic rings. The lowest BCUT2D eigenvalue weighted by molar-refractivity contribution is -0.139. The predicted molar refractivity (Wildman–Crippen MR) is 112 cm³/mol. The van der Waals surface area contributed by atoms with Gasteiger partial charge in [0.2, 0.25) is 0 Å². The van der Waals surface area contributed by atoms with Crippen LogP contribution in [0.1, 0.15) is 49.8 Å². The molecule has 1 aromatic heterocycles. The topological polar surface area (TPSA) is 97.4 Å². The molecule has 2 N–H and O–H groups in total. The average Bonchev–Trinajstić information content (AvgIpc) is 3.55. The number of aryl methyl sites for hydroxylation is 1. The van der Waals surface area contributed by atoms with Gasteiger partial charge in [0.05, 0.1) is 12.7 Å². The summed E-state index contributed by atoms with van der Waals surface area (Å²) < 4.78 is 4.73. The lowest BCUT2D eigenvalue weighted by Crippen LogP contribution is -2.29. The highest BCUT2D eigenvalue weighted by molar-refractivity contribution is 9.09. The molecule has 1 unspecified atom stereocenters. The highest BCUT2D eigenvalue weighted by atomic mass is 79.9. The number of ether oxygens (including phenoxy) is 1. The smallest absolute Gasteiger partial charge is 0.323 e. The maximum Gasteiger partial charge on any atom is 0.323 e. The van der Waals surface area contributed by atoms with E-state index in [0.29, 0.717) is 29.4 Å². The van der Waals surface area contributed by atoms with Gasteiger partial charge >= 0.3 is 5.97 Å².